The summed E-state index contributed by atoms with van der Waals surface area (Å²) in [7, 11) is 0. The zero-order chi connectivity index (χ0) is 13.0. The Kier molecular flexibility index (Phi) is 3.98. The van der Waals surface area contributed by atoms with Gasteiger partial charge in [-0.25, -0.2) is 9.59 Å². The van der Waals surface area contributed by atoms with E-state index >= 15 is 0 Å². The number of ether oxygens (including phenoxy) is 1. The minimum Gasteiger partial charge on any atom is -0.478 e. The van der Waals surface area contributed by atoms with Gasteiger partial charge in [-0.1, -0.05) is 12.1 Å². The van der Waals surface area contributed by atoms with Crippen LogP contribution in [0.4, 0.5) is 0 Å². The number of carbonyl (C=O) groups excluding carboxylic acids is 2. The summed E-state index contributed by atoms with van der Waals surface area (Å²) in [5.74, 6) is -2.96. The van der Waals surface area contributed by atoms with Crippen LogP contribution in [0.25, 0.3) is 0 Å². The van der Waals surface area contributed by atoms with Gasteiger partial charge in [0, 0.05) is 5.56 Å². The molecule has 0 aliphatic carbocycles. The van der Waals surface area contributed by atoms with E-state index in [0.29, 0.717) is 5.56 Å². The molecule has 0 heterocycles. The van der Waals surface area contributed by atoms with Crippen LogP contribution < -0.4 is 0 Å². The lowest BCUT2D eigenvalue weighted by Gasteiger charge is -2.04. The van der Waals surface area contributed by atoms with Crippen molar-refractivity contribution in [1.29, 1.82) is 0 Å². The second kappa shape index (κ2) is 5.25. The SMILES string of the molecule is CCOC(=O)C(=O)c1ccc(C)c(C(=O)O)c1. The number of benzene rings is 1. The second-order valence-electron chi connectivity index (χ2n) is 3.38. The maximum absolute atomic E-state index is 11.6. The smallest absolute Gasteiger partial charge is 0.379 e. The number of carboxylic acid groups (broad SMARTS) is 1. The number of carbonyl (C=O) groups is 3. The molecule has 5 nitrogen and oxygen atoms in total. The van der Waals surface area contributed by atoms with Crippen molar-refractivity contribution in [2.24, 2.45) is 0 Å². The van der Waals surface area contributed by atoms with Crippen LogP contribution in [-0.2, 0) is 9.53 Å². The predicted octanol–water partition coefficient (Wildman–Crippen LogP) is 1.44. The Morgan fingerprint density at radius 2 is 1.94 bits per heavy atom. The number of esters is 1. The molecular weight excluding hydrogens is 224 g/mol. The Hall–Kier alpha value is -2.17. The van der Waals surface area contributed by atoms with Gasteiger partial charge in [0.15, 0.2) is 0 Å². The summed E-state index contributed by atoms with van der Waals surface area (Å²) in [6, 6.07) is 4.06. The van der Waals surface area contributed by atoms with Gasteiger partial charge in [0.25, 0.3) is 5.78 Å². The molecule has 1 rings (SSSR count). The molecule has 0 saturated heterocycles. The number of carboxylic acids is 1. The Morgan fingerprint density at radius 3 is 2.47 bits per heavy atom. The first kappa shape index (κ1) is 12.9. The van der Waals surface area contributed by atoms with Crippen molar-refractivity contribution in [3.8, 4) is 0 Å². The second-order valence-corrected chi connectivity index (χ2v) is 3.38. The predicted molar refractivity (Wildman–Crippen MR) is 59.1 cm³/mol. The van der Waals surface area contributed by atoms with Gasteiger partial charge in [-0.05, 0) is 25.5 Å². The third-order valence-corrected chi connectivity index (χ3v) is 2.19. The Labute approximate surface area is 98.0 Å². The molecule has 1 aromatic rings. The van der Waals surface area contributed by atoms with E-state index in [9.17, 15) is 14.4 Å². The van der Waals surface area contributed by atoms with Crippen molar-refractivity contribution >= 4 is 17.7 Å². The standard InChI is InChI=1S/C12H12O5/c1-3-17-12(16)10(13)8-5-4-7(2)9(6-8)11(14)15/h4-6H,3H2,1-2H3,(H,14,15). The molecule has 5 heteroatoms. The van der Waals surface area contributed by atoms with E-state index in [1.54, 1.807) is 13.8 Å². The van der Waals surface area contributed by atoms with Crippen molar-refractivity contribution in [3.63, 3.8) is 0 Å². The molecule has 0 radical (unpaired) electrons. The Morgan fingerprint density at radius 1 is 1.29 bits per heavy atom. The largest absolute Gasteiger partial charge is 0.478 e. The lowest BCUT2D eigenvalue weighted by atomic mass is 10.0. The topological polar surface area (TPSA) is 80.7 Å². The van der Waals surface area contributed by atoms with Gasteiger partial charge in [-0.15, -0.1) is 0 Å². The molecule has 0 aliphatic heterocycles. The highest BCUT2D eigenvalue weighted by Crippen LogP contribution is 2.12. The third kappa shape index (κ3) is 2.90. The summed E-state index contributed by atoms with van der Waals surface area (Å²) >= 11 is 0. The summed E-state index contributed by atoms with van der Waals surface area (Å²) < 4.78 is 4.55. The zero-order valence-corrected chi connectivity index (χ0v) is 9.52. The lowest BCUT2D eigenvalue weighted by molar-refractivity contribution is -0.137. The van der Waals surface area contributed by atoms with Crippen LogP contribution in [0.5, 0.6) is 0 Å². The summed E-state index contributed by atoms with van der Waals surface area (Å²) in [5.41, 5.74) is 0.546. The van der Waals surface area contributed by atoms with Crippen molar-refractivity contribution in [2.75, 3.05) is 6.61 Å². The summed E-state index contributed by atoms with van der Waals surface area (Å²) in [6.45, 7) is 3.30. The molecule has 0 aromatic heterocycles. The normalized spacial score (nSPS) is 9.76. The molecule has 0 spiro atoms. The van der Waals surface area contributed by atoms with E-state index in [2.05, 4.69) is 4.74 Å². The van der Waals surface area contributed by atoms with E-state index in [0.717, 1.165) is 0 Å². The number of ketones is 1. The molecule has 0 aliphatic rings. The molecule has 0 amide bonds. The van der Waals surface area contributed by atoms with Gasteiger partial charge >= 0.3 is 11.9 Å². The van der Waals surface area contributed by atoms with Gasteiger partial charge in [0.05, 0.1) is 12.2 Å². The highest BCUT2D eigenvalue weighted by atomic mass is 16.5. The van der Waals surface area contributed by atoms with Gasteiger partial charge in [-0.3, -0.25) is 4.79 Å². The van der Waals surface area contributed by atoms with Gasteiger partial charge in [-0.2, -0.15) is 0 Å². The number of Topliss-reactive ketones (excluding diaryl/α,β-unsaturated/α-hetero) is 1. The fraction of sp³-hybridized carbons (Fsp3) is 0.250. The Bertz CT molecular complexity index is 476. The van der Waals surface area contributed by atoms with Crippen molar-refractivity contribution in [3.05, 3.63) is 34.9 Å². The van der Waals surface area contributed by atoms with E-state index in [4.69, 9.17) is 5.11 Å². The fourth-order valence-electron chi connectivity index (χ4n) is 1.31. The number of rotatable bonds is 4. The van der Waals surface area contributed by atoms with Crippen LogP contribution in [0.1, 0.15) is 33.2 Å². The number of hydrogen-bond donors (Lipinski definition) is 1. The molecule has 0 fully saturated rings. The van der Waals surface area contributed by atoms with Gasteiger partial charge in [0.1, 0.15) is 0 Å². The van der Waals surface area contributed by atoms with Crippen LogP contribution >= 0.6 is 0 Å². The maximum Gasteiger partial charge on any atom is 0.379 e. The van der Waals surface area contributed by atoms with Crippen molar-refractivity contribution < 1.29 is 24.2 Å². The highest BCUT2D eigenvalue weighted by Gasteiger charge is 2.19. The molecular formula is C12H12O5. The lowest BCUT2D eigenvalue weighted by Crippen LogP contribution is -2.18. The first-order valence-corrected chi connectivity index (χ1v) is 5.02. The molecule has 17 heavy (non-hydrogen) atoms. The van der Waals surface area contributed by atoms with E-state index in [1.807, 2.05) is 0 Å². The van der Waals surface area contributed by atoms with Crippen LogP contribution in [0, 0.1) is 6.92 Å². The molecule has 0 unspecified atom stereocenters. The quantitative estimate of drug-likeness (QED) is 0.486. The Balaban J connectivity index is 3.08. The molecule has 0 saturated carbocycles. The first-order chi connectivity index (χ1) is 7.97. The summed E-state index contributed by atoms with van der Waals surface area (Å²) in [6.07, 6.45) is 0. The third-order valence-electron chi connectivity index (χ3n) is 2.19. The van der Waals surface area contributed by atoms with E-state index in [-0.39, 0.29) is 17.7 Å². The highest BCUT2D eigenvalue weighted by molar-refractivity contribution is 6.40. The monoisotopic (exact) mass is 236 g/mol. The van der Waals surface area contributed by atoms with Gasteiger partial charge in [0.2, 0.25) is 0 Å². The zero-order valence-electron chi connectivity index (χ0n) is 9.52. The molecule has 90 valence electrons. The minimum atomic E-state index is -1.14. The van der Waals surface area contributed by atoms with E-state index in [1.165, 1.54) is 18.2 Å². The first-order valence-electron chi connectivity index (χ1n) is 5.02. The average molecular weight is 236 g/mol. The maximum atomic E-state index is 11.6. The van der Waals surface area contributed by atoms with Crippen LogP contribution in [-0.4, -0.2) is 29.4 Å². The van der Waals surface area contributed by atoms with Crippen molar-refractivity contribution in [2.45, 2.75) is 13.8 Å². The summed E-state index contributed by atoms with van der Waals surface area (Å²) in [4.78, 5) is 33.6. The molecule has 1 N–H and O–H groups in total. The minimum absolute atomic E-state index is 0.000137. The summed E-state index contributed by atoms with van der Waals surface area (Å²) in [5, 5.41) is 8.89. The molecule has 0 bridgehead atoms. The van der Waals surface area contributed by atoms with Gasteiger partial charge < -0.3 is 9.84 Å². The van der Waals surface area contributed by atoms with Crippen LogP contribution in [0.3, 0.4) is 0 Å². The fourth-order valence-corrected chi connectivity index (χ4v) is 1.31. The van der Waals surface area contributed by atoms with E-state index < -0.39 is 17.7 Å². The molecule has 1 aromatic carbocycles. The average Bonchev–Trinajstić information content (AvgIpc) is 2.28. The van der Waals surface area contributed by atoms with Crippen molar-refractivity contribution in [1.82, 2.24) is 0 Å². The van der Waals surface area contributed by atoms with Crippen LogP contribution in [0.2, 0.25) is 0 Å². The van der Waals surface area contributed by atoms with Crippen LogP contribution in [0.15, 0.2) is 18.2 Å². The molecule has 0 atom stereocenters. The number of hydrogen-bond acceptors (Lipinski definition) is 4. The number of aryl methyl sites for hydroxylation is 1. The number of aromatic carboxylic acids is 1.